The van der Waals surface area contributed by atoms with Crippen molar-refractivity contribution in [1.29, 1.82) is 0 Å². The van der Waals surface area contributed by atoms with Crippen molar-refractivity contribution in [3.63, 3.8) is 0 Å². The van der Waals surface area contributed by atoms with E-state index >= 15 is 0 Å². The fraction of sp³-hybridized carbons (Fsp3) is 0.350. The summed E-state index contributed by atoms with van der Waals surface area (Å²) in [6.07, 6.45) is 3.42. The number of pyridine rings is 1. The van der Waals surface area contributed by atoms with Crippen molar-refractivity contribution in [3.05, 3.63) is 59.5 Å². The molecule has 1 saturated heterocycles. The Labute approximate surface area is 158 Å². The van der Waals surface area contributed by atoms with Crippen LogP contribution in [0.4, 0.5) is 10.2 Å². The number of hydrogen-bond acceptors (Lipinski definition) is 3. The van der Waals surface area contributed by atoms with Gasteiger partial charge in [-0.25, -0.2) is 9.37 Å². The number of halogens is 1. The smallest absolute Gasteiger partial charge is 0.255 e. The molecular formula is C20H24FN5O. The molecular weight excluding hydrogens is 345 g/mol. The van der Waals surface area contributed by atoms with E-state index in [9.17, 15) is 9.18 Å². The molecule has 2 heterocycles. The second kappa shape index (κ2) is 8.16. The molecule has 27 heavy (non-hydrogen) atoms. The standard InChI is InChI=1S/C20H24FN5O/c1-13-3-9-17(14-4-7-16(21)8-5-14)26(12-13)19(27)15-6-10-18(24-11-15)25-20(22)23-2/h4-8,10-11,13,17H,3,9,12H2,1-2H3,(H3,22,23,24,25)/t13-,17+/m0/s1. The number of guanidine groups is 1. The highest BCUT2D eigenvalue weighted by Crippen LogP contribution is 2.34. The molecule has 6 nitrogen and oxygen atoms in total. The first kappa shape index (κ1) is 18.8. The molecule has 0 unspecified atom stereocenters. The Hall–Kier alpha value is -2.96. The largest absolute Gasteiger partial charge is 0.370 e. The van der Waals surface area contributed by atoms with Gasteiger partial charge in [0.05, 0.1) is 11.6 Å². The van der Waals surface area contributed by atoms with E-state index in [4.69, 9.17) is 5.73 Å². The number of rotatable bonds is 3. The highest BCUT2D eigenvalue weighted by atomic mass is 19.1. The van der Waals surface area contributed by atoms with Crippen LogP contribution in [0.25, 0.3) is 0 Å². The van der Waals surface area contributed by atoms with Crippen molar-refractivity contribution in [2.75, 3.05) is 18.9 Å². The average Bonchev–Trinajstić information content (AvgIpc) is 2.68. The number of carbonyl (C=O) groups excluding carboxylic acids is 1. The number of benzene rings is 1. The summed E-state index contributed by atoms with van der Waals surface area (Å²) in [5, 5.41) is 2.84. The van der Waals surface area contributed by atoms with E-state index in [0.29, 0.717) is 23.8 Å². The predicted molar refractivity (Wildman–Crippen MR) is 104 cm³/mol. The van der Waals surface area contributed by atoms with Crippen LogP contribution in [0.1, 0.15) is 41.7 Å². The molecule has 2 atom stereocenters. The molecule has 1 amide bonds. The van der Waals surface area contributed by atoms with E-state index in [1.165, 1.54) is 18.3 Å². The quantitative estimate of drug-likeness (QED) is 0.643. The molecule has 0 radical (unpaired) electrons. The van der Waals surface area contributed by atoms with Gasteiger partial charge in [0.1, 0.15) is 11.6 Å². The summed E-state index contributed by atoms with van der Waals surface area (Å²) in [6.45, 7) is 2.80. The second-order valence-electron chi connectivity index (χ2n) is 6.87. The lowest BCUT2D eigenvalue weighted by Gasteiger charge is -2.39. The van der Waals surface area contributed by atoms with Gasteiger partial charge in [0.25, 0.3) is 5.91 Å². The van der Waals surface area contributed by atoms with Gasteiger partial charge in [-0.1, -0.05) is 19.1 Å². The van der Waals surface area contributed by atoms with Crippen molar-refractivity contribution >= 4 is 17.7 Å². The van der Waals surface area contributed by atoms with Gasteiger partial charge < -0.3 is 16.0 Å². The van der Waals surface area contributed by atoms with Gasteiger partial charge in [0.15, 0.2) is 5.96 Å². The van der Waals surface area contributed by atoms with E-state index in [1.54, 1.807) is 31.3 Å². The molecule has 1 aromatic heterocycles. The summed E-state index contributed by atoms with van der Waals surface area (Å²) in [5.74, 6) is 0.842. The lowest BCUT2D eigenvalue weighted by molar-refractivity contribution is 0.0544. The molecule has 0 aliphatic carbocycles. The zero-order chi connectivity index (χ0) is 19.4. The third-order valence-electron chi connectivity index (χ3n) is 4.84. The SMILES string of the molecule is CN=C(N)Nc1ccc(C(=O)N2C[C@@H](C)CC[C@@H]2c2ccc(F)cc2)cn1. The van der Waals surface area contributed by atoms with E-state index in [2.05, 4.69) is 22.2 Å². The molecule has 3 N–H and O–H groups in total. The molecule has 0 saturated carbocycles. The van der Waals surface area contributed by atoms with E-state index in [1.807, 2.05) is 4.90 Å². The van der Waals surface area contributed by atoms with Gasteiger partial charge in [-0.15, -0.1) is 0 Å². The number of nitrogens with two attached hydrogens (primary N) is 1. The Bertz CT molecular complexity index is 819. The van der Waals surface area contributed by atoms with E-state index < -0.39 is 0 Å². The fourth-order valence-corrected chi connectivity index (χ4v) is 3.36. The van der Waals surface area contributed by atoms with Crippen LogP contribution in [0.5, 0.6) is 0 Å². The molecule has 142 valence electrons. The molecule has 0 bridgehead atoms. The van der Waals surface area contributed by atoms with Crippen molar-refractivity contribution in [2.24, 2.45) is 16.6 Å². The minimum atomic E-state index is -0.275. The van der Waals surface area contributed by atoms with Gasteiger partial charge in [-0.3, -0.25) is 9.79 Å². The fourth-order valence-electron chi connectivity index (χ4n) is 3.36. The number of aromatic nitrogens is 1. The van der Waals surface area contributed by atoms with E-state index in [-0.39, 0.29) is 23.7 Å². The monoisotopic (exact) mass is 369 g/mol. The second-order valence-corrected chi connectivity index (χ2v) is 6.87. The van der Waals surface area contributed by atoms with Gasteiger partial charge >= 0.3 is 0 Å². The van der Waals surface area contributed by atoms with Gasteiger partial charge in [-0.2, -0.15) is 0 Å². The maximum absolute atomic E-state index is 13.3. The van der Waals surface area contributed by atoms with Crippen LogP contribution in [0, 0.1) is 11.7 Å². The van der Waals surface area contributed by atoms with Crippen LogP contribution in [-0.4, -0.2) is 35.3 Å². The lowest BCUT2D eigenvalue weighted by atomic mass is 9.89. The summed E-state index contributed by atoms with van der Waals surface area (Å²) in [5.41, 5.74) is 7.09. The third kappa shape index (κ3) is 4.42. The zero-order valence-electron chi connectivity index (χ0n) is 15.5. The number of hydrogen-bond donors (Lipinski definition) is 2. The Kier molecular flexibility index (Phi) is 5.69. The first-order valence-corrected chi connectivity index (χ1v) is 8.99. The minimum absolute atomic E-state index is 0.0602. The first-order chi connectivity index (χ1) is 13.0. The van der Waals surface area contributed by atoms with Crippen LogP contribution < -0.4 is 11.1 Å². The number of nitrogens with zero attached hydrogens (tertiary/aromatic N) is 3. The predicted octanol–water partition coefficient (Wildman–Crippen LogP) is 3.19. The van der Waals surface area contributed by atoms with E-state index in [0.717, 1.165) is 18.4 Å². The summed E-state index contributed by atoms with van der Waals surface area (Å²) in [6, 6.07) is 9.76. The molecule has 1 aromatic carbocycles. The van der Waals surface area contributed by atoms with Crippen LogP contribution in [-0.2, 0) is 0 Å². The Morgan fingerprint density at radius 3 is 2.63 bits per heavy atom. The number of likely N-dealkylation sites (tertiary alicyclic amines) is 1. The number of amides is 1. The maximum atomic E-state index is 13.3. The van der Waals surface area contributed by atoms with Crippen molar-refractivity contribution in [3.8, 4) is 0 Å². The highest BCUT2D eigenvalue weighted by molar-refractivity contribution is 5.95. The maximum Gasteiger partial charge on any atom is 0.255 e. The Balaban J connectivity index is 1.82. The Morgan fingerprint density at radius 1 is 1.26 bits per heavy atom. The van der Waals surface area contributed by atoms with Gasteiger partial charge in [0, 0.05) is 19.8 Å². The minimum Gasteiger partial charge on any atom is -0.370 e. The molecule has 1 fully saturated rings. The van der Waals surface area contributed by atoms with Gasteiger partial charge in [-0.05, 0) is 48.6 Å². The number of anilines is 1. The molecule has 1 aliphatic rings. The zero-order valence-corrected chi connectivity index (χ0v) is 15.5. The molecule has 7 heteroatoms. The first-order valence-electron chi connectivity index (χ1n) is 8.99. The van der Waals surface area contributed by atoms with Crippen LogP contribution in [0.3, 0.4) is 0 Å². The summed E-state index contributed by atoms with van der Waals surface area (Å²) < 4.78 is 13.3. The molecule has 2 aromatic rings. The topological polar surface area (TPSA) is 83.6 Å². The van der Waals surface area contributed by atoms with Crippen molar-refractivity contribution < 1.29 is 9.18 Å². The summed E-state index contributed by atoms with van der Waals surface area (Å²) >= 11 is 0. The van der Waals surface area contributed by atoms with Crippen LogP contribution >= 0.6 is 0 Å². The van der Waals surface area contributed by atoms with Crippen molar-refractivity contribution in [1.82, 2.24) is 9.88 Å². The lowest BCUT2D eigenvalue weighted by Crippen LogP contribution is -2.41. The average molecular weight is 369 g/mol. The number of nitrogens with one attached hydrogen (secondary N) is 1. The molecule has 1 aliphatic heterocycles. The Morgan fingerprint density at radius 2 is 2.00 bits per heavy atom. The highest BCUT2D eigenvalue weighted by Gasteiger charge is 2.31. The van der Waals surface area contributed by atoms with Gasteiger partial charge in [0.2, 0.25) is 0 Å². The third-order valence-corrected chi connectivity index (χ3v) is 4.84. The summed E-state index contributed by atoms with van der Waals surface area (Å²) in [7, 11) is 1.58. The van der Waals surface area contributed by atoms with Crippen LogP contribution in [0.2, 0.25) is 0 Å². The normalized spacial score (nSPS) is 20.4. The molecule has 0 spiro atoms. The number of piperidine rings is 1. The molecule has 3 rings (SSSR count). The number of aliphatic imine (C=N–C) groups is 1. The number of carbonyl (C=O) groups is 1. The van der Waals surface area contributed by atoms with Crippen molar-refractivity contribution in [2.45, 2.75) is 25.8 Å². The van der Waals surface area contributed by atoms with Crippen LogP contribution in [0.15, 0.2) is 47.6 Å². The summed E-state index contributed by atoms with van der Waals surface area (Å²) in [4.78, 5) is 23.1.